The maximum Gasteiger partial charge on any atom is 0.328 e. The number of nitrogens with one attached hydrogen (secondary N) is 1. The van der Waals surface area contributed by atoms with Crippen LogP contribution >= 0.6 is 11.3 Å². The number of hydrogen-bond acceptors (Lipinski definition) is 5. The third-order valence-corrected chi connectivity index (χ3v) is 1.57. The Bertz CT molecular complexity index is 333. The van der Waals surface area contributed by atoms with Gasteiger partial charge in [0.1, 0.15) is 5.51 Å². The summed E-state index contributed by atoms with van der Waals surface area (Å²) in [7, 11) is 0. The first kappa shape index (κ1) is 9.33. The smallest absolute Gasteiger partial charge is 0.328 e. The van der Waals surface area contributed by atoms with Crippen molar-refractivity contribution in [1.82, 2.24) is 10.2 Å². The molecule has 1 rings (SSSR count). The molecule has 0 aliphatic rings. The zero-order valence-electron chi connectivity index (χ0n) is 6.30. The van der Waals surface area contributed by atoms with Crippen molar-refractivity contribution in [2.45, 2.75) is 0 Å². The number of nitrogens with zero attached hydrogens (tertiary/aromatic N) is 2. The van der Waals surface area contributed by atoms with Crippen LogP contribution in [0.25, 0.3) is 0 Å². The molecule has 0 bridgehead atoms. The Morgan fingerprint density at radius 1 is 1.54 bits per heavy atom. The van der Waals surface area contributed by atoms with Gasteiger partial charge in [0.15, 0.2) is 0 Å². The largest absolute Gasteiger partial charge is 0.478 e. The molecule has 1 aromatic heterocycles. The summed E-state index contributed by atoms with van der Waals surface area (Å²) in [6.45, 7) is 0. The molecule has 7 heteroatoms. The fourth-order valence-corrected chi connectivity index (χ4v) is 0.969. The second-order valence-electron chi connectivity index (χ2n) is 1.90. The van der Waals surface area contributed by atoms with Crippen LogP contribution in [0.15, 0.2) is 17.7 Å². The van der Waals surface area contributed by atoms with E-state index in [9.17, 15) is 9.59 Å². The van der Waals surface area contributed by atoms with Gasteiger partial charge in [-0.25, -0.2) is 4.79 Å². The van der Waals surface area contributed by atoms with E-state index in [1.165, 1.54) is 5.51 Å². The Labute approximate surface area is 76.9 Å². The Morgan fingerprint density at radius 3 is 2.85 bits per heavy atom. The van der Waals surface area contributed by atoms with Gasteiger partial charge in [-0.15, -0.1) is 10.2 Å². The fourth-order valence-electron chi connectivity index (χ4n) is 0.522. The minimum absolute atomic E-state index is 0.333. The molecule has 68 valence electrons. The fraction of sp³-hybridized carbons (Fsp3) is 0. The quantitative estimate of drug-likeness (QED) is 0.674. The van der Waals surface area contributed by atoms with E-state index in [4.69, 9.17) is 5.11 Å². The van der Waals surface area contributed by atoms with Gasteiger partial charge < -0.3 is 5.11 Å². The number of anilines is 1. The molecule has 0 aromatic carbocycles. The Balaban J connectivity index is 2.47. The number of carboxylic acid groups (broad SMARTS) is 1. The highest BCUT2D eigenvalue weighted by Crippen LogP contribution is 2.07. The van der Waals surface area contributed by atoms with Crippen molar-refractivity contribution in [2.75, 3.05) is 5.32 Å². The minimum atomic E-state index is -1.17. The van der Waals surface area contributed by atoms with E-state index in [0.717, 1.165) is 23.5 Å². The van der Waals surface area contributed by atoms with Gasteiger partial charge in [0, 0.05) is 12.2 Å². The zero-order chi connectivity index (χ0) is 9.68. The predicted octanol–water partition coefficient (Wildman–Crippen LogP) is 0.117. The number of carbonyl (C=O) groups is 2. The monoisotopic (exact) mass is 199 g/mol. The highest BCUT2D eigenvalue weighted by atomic mass is 32.1. The van der Waals surface area contributed by atoms with Gasteiger partial charge in [0.2, 0.25) is 11.0 Å². The van der Waals surface area contributed by atoms with Crippen LogP contribution in [0.2, 0.25) is 0 Å². The first-order chi connectivity index (χ1) is 6.18. The van der Waals surface area contributed by atoms with E-state index < -0.39 is 11.9 Å². The SMILES string of the molecule is O=C(O)C=CC(=O)Nc1nncs1. The Morgan fingerprint density at radius 2 is 2.31 bits per heavy atom. The van der Waals surface area contributed by atoms with Gasteiger partial charge in [-0.2, -0.15) is 0 Å². The molecule has 0 atom stereocenters. The summed E-state index contributed by atoms with van der Waals surface area (Å²) in [5.41, 5.74) is 1.45. The molecular formula is C6H5N3O3S. The normalized spacial score (nSPS) is 10.2. The van der Waals surface area contributed by atoms with Crippen molar-refractivity contribution in [3.05, 3.63) is 17.7 Å². The number of hydrogen-bond donors (Lipinski definition) is 2. The molecule has 0 aliphatic carbocycles. The van der Waals surface area contributed by atoms with Gasteiger partial charge in [-0.3, -0.25) is 10.1 Å². The first-order valence-electron chi connectivity index (χ1n) is 3.16. The van der Waals surface area contributed by atoms with E-state index in [0.29, 0.717) is 5.13 Å². The lowest BCUT2D eigenvalue weighted by Gasteiger charge is -1.92. The summed E-state index contributed by atoms with van der Waals surface area (Å²) in [4.78, 5) is 20.9. The zero-order valence-corrected chi connectivity index (χ0v) is 7.11. The summed E-state index contributed by atoms with van der Waals surface area (Å²) in [5.74, 6) is -1.72. The molecule has 0 aliphatic heterocycles. The molecule has 6 nitrogen and oxygen atoms in total. The van der Waals surface area contributed by atoms with Gasteiger partial charge >= 0.3 is 5.97 Å². The third-order valence-electron chi connectivity index (χ3n) is 0.967. The molecule has 1 amide bonds. The Kier molecular flexibility index (Phi) is 3.09. The van der Waals surface area contributed by atoms with Gasteiger partial charge in [-0.1, -0.05) is 11.3 Å². The average Bonchev–Trinajstić information content (AvgIpc) is 2.53. The standard InChI is InChI=1S/C6H5N3O3S/c10-4(1-2-5(11)12)8-6-9-7-3-13-6/h1-3H,(H,11,12)(H,8,9,10). The van der Waals surface area contributed by atoms with Crippen LogP contribution in [0.5, 0.6) is 0 Å². The summed E-state index contributed by atoms with van der Waals surface area (Å²) in [5, 5.41) is 17.9. The van der Waals surface area contributed by atoms with Crippen LogP contribution in [0.3, 0.4) is 0 Å². The van der Waals surface area contributed by atoms with Crippen molar-refractivity contribution < 1.29 is 14.7 Å². The number of aromatic nitrogens is 2. The molecule has 2 N–H and O–H groups in total. The Hall–Kier alpha value is -1.76. The summed E-state index contributed by atoms with van der Waals surface area (Å²) < 4.78 is 0. The number of amides is 1. The van der Waals surface area contributed by atoms with Crippen LogP contribution in [0.1, 0.15) is 0 Å². The number of carbonyl (C=O) groups excluding carboxylic acids is 1. The van der Waals surface area contributed by atoms with Crippen LogP contribution in [0.4, 0.5) is 5.13 Å². The third kappa shape index (κ3) is 3.43. The molecule has 1 aromatic rings. The molecular weight excluding hydrogens is 194 g/mol. The number of carboxylic acids is 1. The van der Waals surface area contributed by atoms with E-state index in [1.807, 2.05) is 0 Å². The van der Waals surface area contributed by atoms with Crippen LogP contribution in [-0.4, -0.2) is 27.2 Å². The highest BCUT2D eigenvalue weighted by Gasteiger charge is 2.00. The van der Waals surface area contributed by atoms with Crippen molar-refractivity contribution in [2.24, 2.45) is 0 Å². The lowest BCUT2D eigenvalue weighted by molar-refractivity contribution is -0.131. The summed E-state index contributed by atoms with van der Waals surface area (Å²) in [6, 6.07) is 0. The van der Waals surface area contributed by atoms with E-state index in [1.54, 1.807) is 0 Å². The predicted molar refractivity (Wildman–Crippen MR) is 45.3 cm³/mol. The van der Waals surface area contributed by atoms with Crippen molar-refractivity contribution >= 4 is 28.3 Å². The molecule has 0 unspecified atom stereocenters. The van der Waals surface area contributed by atoms with E-state index in [2.05, 4.69) is 15.5 Å². The summed E-state index contributed by atoms with van der Waals surface area (Å²) in [6.07, 6.45) is 1.65. The van der Waals surface area contributed by atoms with Gasteiger partial charge in [-0.05, 0) is 0 Å². The van der Waals surface area contributed by atoms with Crippen molar-refractivity contribution in [3.63, 3.8) is 0 Å². The average molecular weight is 199 g/mol. The van der Waals surface area contributed by atoms with E-state index in [-0.39, 0.29) is 0 Å². The molecule has 0 saturated heterocycles. The maximum atomic E-state index is 10.9. The summed E-state index contributed by atoms with van der Waals surface area (Å²) >= 11 is 1.15. The molecule has 0 fully saturated rings. The first-order valence-corrected chi connectivity index (χ1v) is 4.04. The van der Waals surface area contributed by atoms with Crippen LogP contribution in [-0.2, 0) is 9.59 Å². The van der Waals surface area contributed by atoms with Crippen molar-refractivity contribution in [1.29, 1.82) is 0 Å². The highest BCUT2D eigenvalue weighted by molar-refractivity contribution is 7.13. The molecule has 1 heterocycles. The topological polar surface area (TPSA) is 92.2 Å². The van der Waals surface area contributed by atoms with Crippen LogP contribution in [0, 0.1) is 0 Å². The van der Waals surface area contributed by atoms with Crippen molar-refractivity contribution in [3.8, 4) is 0 Å². The van der Waals surface area contributed by atoms with Crippen LogP contribution < -0.4 is 5.32 Å². The van der Waals surface area contributed by atoms with E-state index >= 15 is 0 Å². The lowest BCUT2D eigenvalue weighted by atomic mass is 10.5. The molecule has 0 spiro atoms. The molecule has 13 heavy (non-hydrogen) atoms. The van der Waals surface area contributed by atoms with Gasteiger partial charge in [0.25, 0.3) is 0 Å². The number of aliphatic carboxylic acids is 1. The minimum Gasteiger partial charge on any atom is -0.478 e. The van der Waals surface area contributed by atoms with Gasteiger partial charge in [0.05, 0.1) is 0 Å². The molecule has 0 radical (unpaired) electrons. The number of rotatable bonds is 3. The maximum absolute atomic E-state index is 10.9. The molecule has 0 saturated carbocycles. The second kappa shape index (κ2) is 4.31. The lowest BCUT2D eigenvalue weighted by Crippen LogP contribution is -2.08. The second-order valence-corrected chi connectivity index (χ2v) is 2.74.